The van der Waals surface area contributed by atoms with Crippen LogP contribution in [0.25, 0.3) is 44.5 Å². The molecule has 0 unspecified atom stereocenters. The third-order valence-electron chi connectivity index (χ3n) is 9.25. The van der Waals surface area contributed by atoms with Gasteiger partial charge in [-0.3, -0.25) is 0 Å². The number of phenolic OH excluding ortho intramolecular Hbond substituents is 4. The largest absolute Gasteiger partial charge is 0.508 e. The molecule has 0 atom stereocenters. The fourth-order valence-corrected chi connectivity index (χ4v) is 6.63. The van der Waals surface area contributed by atoms with Gasteiger partial charge in [-0.05, 0) is 218 Å². The predicted molar refractivity (Wildman–Crippen MR) is 182 cm³/mol. The number of hydrogen-bond acceptors (Lipinski definition) is 4. The lowest BCUT2D eigenvalue weighted by atomic mass is 9.75. The second kappa shape index (κ2) is 11.1. The van der Waals surface area contributed by atoms with Gasteiger partial charge >= 0.3 is 0 Å². The second-order valence-electron chi connectivity index (χ2n) is 12.6. The van der Waals surface area contributed by atoms with Crippen LogP contribution >= 0.6 is 0 Å². The zero-order valence-corrected chi connectivity index (χ0v) is 27.4. The Kier molecular flexibility index (Phi) is 7.75. The SMILES string of the molecule is Cc1cc(-c2c(C)c(-c3cc(C)c(O)cc3C)c(-c3cc(C)c(O)cc3C)c(C)c2-c2cc(C)c(O)cc2C)c(C)cc1O. The summed E-state index contributed by atoms with van der Waals surface area (Å²) in [6.07, 6.45) is 0. The maximum absolute atomic E-state index is 10.6. The van der Waals surface area contributed by atoms with Crippen LogP contribution in [0.2, 0.25) is 0 Å². The molecule has 0 fully saturated rings. The second-order valence-corrected chi connectivity index (χ2v) is 12.6. The molecule has 0 saturated heterocycles. The Bertz CT molecular complexity index is 1710. The van der Waals surface area contributed by atoms with E-state index in [1.54, 1.807) is 0 Å². The highest BCUT2D eigenvalue weighted by molar-refractivity contribution is 6.03. The van der Waals surface area contributed by atoms with E-state index in [1.165, 1.54) is 0 Å². The van der Waals surface area contributed by atoms with Gasteiger partial charge in [-0.1, -0.05) is 0 Å². The highest BCUT2D eigenvalue weighted by Gasteiger charge is 2.28. The summed E-state index contributed by atoms with van der Waals surface area (Å²) in [5.41, 5.74) is 17.5. The molecule has 0 aliphatic rings. The summed E-state index contributed by atoms with van der Waals surface area (Å²) < 4.78 is 0. The summed E-state index contributed by atoms with van der Waals surface area (Å²) in [6, 6.07) is 15.6. The Balaban J connectivity index is 2.11. The van der Waals surface area contributed by atoms with Crippen molar-refractivity contribution < 1.29 is 20.4 Å². The first-order chi connectivity index (χ1) is 20.6. The molecule has 0 aromatic heterocycles. The van der Waals surface area contributed by atoms with Crippen LogP contribution in [0.4, 0.5) is 0 Å². The molecule has 0 spiro atoms. The van der Waals surface area contributed by atoms with E-state index in [-0.39, 0.29) is 23.0 Å². The zero-order valence-electron chi connectivity index (χ0n) is 27.4. The van der Waals surface area contributed by atoms with E-state index in [2.05, 4.69) is 38.1 Å². The van der Waals surface area contributed by atoms with Crippen LogP contribution in [-0.2, 0) is 0 Å². The van der Waals surface area contributed by atoms with Gasteiger partial charge in [0.05, 0.1) is 0 Å². The number of phenols is 4. The lowest BCUT2D eigenvalue weighted by Crippen LogP contribution is -2.05. The molecule has 5 rings (SSSR count). The number of aryl methyl sites for hydroxylation is 8. The molecule has 0 aliphatic heterocycles. The molecule has 4 nitrogen and oxygen atoms in total. The molecule has 0 aliphatic carbocycles. The number of benzene rings is 5. The van der Waals surface area contributed by atoms with E-state index < -0.39 is 0 Å². The van der Waals surface area contributed by atoms with Gasteiger partial charge in [0.15, 0.2) is 0 Å². The zero-order chi connectivity index (χ0) is 32.4. The van der Waals surface area contributed by atoms with Gasteiger partial charge in [0, 0.05) is 0 Å². The Morgan fingerprint density at radius 1 is 0.273 bits per heavy atom. The van der Waals surface area contributed by atoms with E-state index in [1.807, 2.05) is 79.7 Å². The summed E-state index contributed by atoms with van der Waals surface area (Å²) in [7, 11) is 0. The van der Waals surface area contributed by atoms with Crippen molar-refractivity contribution in [2.75, 3.05) is 0 Å². The number of aromatic hydroxyl groups is 4. The van der Waals surface area contributed by atoms with Gasteiger partial charge in [0.25, 0.3) is 0 Å². The average Bonchev–Trinajstić information content (AvgIpc) is 2.94. The molecule has 5 aromatic carbocycles. The molecule has 0 radical (unpaired) electrons. The molecular formula is C40H42O4. The molecule has 0 heterocycles. The Labute approximate surface area is 260 Å². The van der Waals surface area contributed by atoms with E-state index in [4.69, 9.17) is 0 Å². The van der Waals surface area contributed by atoms with Gasteiger partial charge in [-0.25, -0.2) is 0 Å². The van der Waals surface area contributed by atoms with Crippen LogP contribution in [0.15, 0.2) is 48.5 Å². The van der Waals surface area contributed by atoms with Gasteiger partial charge in [-0.15, -0.1) is 0 Å². The summed E-state index contributed by atoms with van der Waals surface area (Å²) in [6.45, 7) is 20.1. The standard InChI is InChI=1S/C40H42O4/c1-19-15-33(41)23(5)11-29(19)37-27(9)39(31-13-25(7)35(43)17-21(31)3)40(32-14-26(8)36(44)18-22(32)4)28(10)38(37)30-12-24(6)34(42)16-20(30)2/h11-18,41-44H,1-10H3. The minimum atomic E-state index is 0.260. The van der Waals surface area contributed by atoms with Crippen molar-refractivity contribution in [2.45, 2.75) is 69.2 Å². The average molecular weight is 587 g/mol. The molecule has 5 aromatic rings. The van der Waals surface area contributed by atoms with Crippen LogP contribution in [-0.4, -0.2) is 20.4 Å². The van der Waals surface area contributed by atoms with E-state index in [0.717, 1.165) is 100 Å². The van der Waals surface area contributed by atoms with Crippen LogP contribution in [0, 0.1) is 69.2 Å². The maximum Gasteiger partial charge on any atom is 0.118 e. The summed E-state index contributed by atoms with van der Waals surface area (Å²) in [5, 5.41) is 42.5. The molecule has 4 N–H and O–H groups in total. The third kappa shape index (κ3) is 4.98. The third-order valence-corrected chi connectivity index (χ3v) is 9.25. The van der Waals surface area contributed by atoms with E-state index in [0.29, 0.717) is 0 Å². The van der Waals surface area contributed by atoms with Gasteiger partial charge in [0.1, 0.15) is 23.0 Å². The highest BCUT2D eigenvalue weighted by Crippen LogP contribution is 2.52. The maximum atomic E-state index is 10.6. The molecule has 0 amide bonds. The quantitative estimate of drug-likeness (QED) is 0.169. The first kappa shape index (κ1) is 30.7. The Morgan fingerprint density at radius 2 is 0.455 bits per heavy atom. The predicted octanol–water partition coefficient (Wildman–Crippen LogP) is 10.3. The first-order valence-corrected chi connectivity index (χ1v) is 15.0. The first-order valence-electron chi connectivity index (χ1n) is 15.0. The minimum absolute atomic E-state index is 0.260. The van der Waals surface area contributed by atoms with Crippen molar-refractivity contribution in [1.82, 2.24) is 0 Å². The van der Waals surface area contributed by atoms with Crippen LogP contribution in [0.5, 0.6) is 23.0 Å². The van der Waals surface area contributed by atoms with Crippen molar-refractivity contribution in [3.05, 3.63) is 104 Å². The van der Waals surface area contributed by atoms with Crippen molar-refractivity contribution in [2.24, 2.45) is 0 Å². The van der Waals surface area contributed by atoms with Gasteiger partial charge in [0.2, 0.25) is 0 Å². The van der Waals surface area contributed by atoms with Crippen molar-refractivity contribution in [3.8, 4) is 67.5 Å². The topological polar surface area (TPSA) is 80.9 Å². The minimum Gasteiger partial charge on any atom is -0.508 e. The Hall–Kier alpha value is -4.70. The van der Waals surface area contributed by atoms with Crippen molar-refractivity contribution in [1.29, 1.82) is 0 Å². The fourth-order valence-electron chi connectivity index (χ4n) is 6.63. The molecule has 0 saturated carbocycles. The van der Waals surface area contributed by atoms with E-state index >= 15 is 0 Å². The lowest BCUT2D eigenvalue weighted by Gasteiger charge is -2.28. The number of rotatable bonds is 4. The molecule has 44 heavy (non-hydrogen) atoms. The van der Waals surface area contributed by atoms with E-state index in [9.17, 15) is 20.4 Å². The lowest BCUT2D eigenvalue weighted by molar-refractivity contribution is 0.470. The molecular weight excluding hydrogens is 544 g/mol. The van der Waals surface area contributed by atoms with Crippen LogP contribution < -0.4 is 0 Å². The monoisotopic (exact) mass is 586 g/mol. The van der Waals surface area contributed by atoms with Gasteiger partial charge < -0.3 is 20.4 Å². The summed E-state index contributed by atoms with van der Waals surface area (Å²) >= 11 is 0. The highest BCUT2D eigenvalue weighted by atomic mass is 16.3. The van der Waals surface area contributed by atoms with Crippen LogP contribution in [0.1, 0.15) is 55.6 Å². The van der Waals surface area contributed by atoms with Crippen LogP contribution in [0.3, 0.4) is 0 Å². The smallest absolute Gasteiger partial charge is 0.118 e. The molecule has 0 bridgehead atoms. The fraction of sp³-hybridized carbons (Fsp3) is 0.250. The Morgan fingerprint density at radius 3 is 0.636 bits per heavy atom. The van der Waals surface area contributed by atoms with Crippen molar-refractivity contribution >= 4 is 0 Å². The summed E-state index contributed by atoms with van der Waals surface area (Å²) in [5.74, 6) is 1.04. The molecule has 226 valence electrons. The summed E-state index contributed by atoms with van der Waals surface area (Å²) in [4.78, 5) is 0. The van der Waals surface area contributed by atoms with Crippen molar-refractivity contribution in [3.63, 3.8) is 0 Å². The number of hydrogen-bond donors (Lipinski definition) is 4. The van der Waals surface area contributed by atoms with Gasteiger partial charge in [-0.2, -0.15) is 0 Å². The normalized spacial score (nSPS) is 11.3. The molecule has 4 heteroatoms.